The van der Waals surface area contributed by atoms with E-state index in [4.69, 9.17) is 10.00 Å². The van der Waals surface area contributed by atoms with Crippen LogP contribution in [0.2, 0.25) is 0 Å². The maximum absolute atomic E-state index is 11.5. The molecule has 0 atom stereocenters. The molecule has 0 aliphatic heterocycles. The van der Waals surface area contributed by atoms with Gasteiger partial charge in [0.05, 0.1) is 6.61 Å². The number of nitrogens with zero attached hydrogens (tertiary/aromatic N) is 1. The zero-order chi connectivity index (χ0) is 14.4. The lowest BCUT2D eigenvalue weighted by molar-refractivity contribution is -0.138. The predicted molar refractivity (Wildman–Crippen MR) is 77.9 cm³/mol. The SMILES string of the molecule is CCOC(=O)/C(C#N)=C\Nc1cccc2ccccc12. The van der Waals surface area contributed by atoms with Crippen molar-refractivity contribution < 1.29 is 9.53 Å². The number of esters is 1. The Labute approximate surface area is 117 Å². The van der Waals surface area contributed by atoms with E-state index < -0.39 is 5.97 Å². The van der Waals surface area contributed by atoms with E-state index in [0.717, 1.165) is 16.5 Å². The van der Waals surface area contributed by atoms with Crippen molar-refractivity contribution in [2.24, 2.45) is 0 Å². The fraction of sp³-hybridized carbons (Fsp3) is 0.125. The summed E-state index contributed by atoms with van der Waals surface area (Å²) in [4.78, 5) is 11.5. The van der Waals surface area contributed by atoms with Crippen molar-refractivity contribution in [2.45, 2.75) is 6.92 Å². The minimum absolute atomic E-state index is 0.0558. The van der Waals surface area contributed by atoms with Crippen molar-refractivity contribution in [3.05, 3.63) is 54.2 Å². The van der Waals surface area contributed by atoms with E-state index in [9.17, 15) is 4.79 Å². The fourth-order valence-corrected chi connectivity index (χ4v) is 1.85. The molecule has 0 saturated heterocycles. The molecule has 2 rings (SSSR count). The minimum Gasteiger partial charge on any atom is -0.462 e. The predicted octanol–water partition coefficient (Wildman–Crippen LogP) is 3.22. The Balaban J connectivity index is 2.28. The van der Waals surface area contributed by atoms with Crippen LogP contribution in [0, 0.1) is 11.3 Å². The lowest BCUT2D eigenvalue weighted by Crippen LogP contribution is -2.07. The zero-order valence-electron chi connectivity index (χ0n) is 11.1. The van der Waals surface area contributed by atoms with Gasteiger partial charge in [0.25, 0.3) is 0 Å². The smallest absolute Gasteiger partial charge is 0.350 e. The van der Waals surface area contributed by atoms with E-state index in [2.05, 4.69) is 5.32 Å². The highest BCUT2D eigenvalue weighted by Crippen LogP contribution is 2.23. The molecule has 2 aromatic carbocycles. The Morgan fingerprint density at radius 2 is 2.05 bits per heavy atom. The molecule has 0 unspecified atom stereocenters. The van der Waals surface area contributed by atoms with E-state index in [1.54, 1.807) is 6.92 Å². The first-order valence-corrected chi connectivity index (χ1v) is 6.28. The Kier molecular flexibility index (Phi) is 4.35. The number of carbonyl (C=O) groups excluding carboxylic acids is 1. The fourth-order valence-electron chi connectivity index (χ4n) is 1.85. The molecular formula is C16H14N2O2. The van der Waals surface area contributed by atoms with Gasteiger partial charge in [-0.1, -0.05) is 36.4 Å². The zero-order valence-corrected chi connectivity index (χ0v) is 11.1. The van der Waals surface area contributed by atoms with Gasteiger partial charge < -0.3 is 10.1 Å². The Hall–Kier alpha value is -2.80. The second-order valence-electron chi connectivity index (χ2n) is 4.06. The van der Waals surface area contributed by atoms with Crippen LogP contribution in [0.5, 0.6) is 0 Å². The van der Waals surface area contributed by atoms with E-state index in [0.29, 0.717) is 0 Å². The molecule has 1 N–H and O–H groups in total. The van der Waals surface area contributed by atoms with Crippen LogP contribution in [-0.4, -0.2) is 12.6 Å². The Morgan fingerprint density at radius 3 is 2.80 bits per heavy atom. The van der Waals surface area contributed by atoms with Gasteiger partial charge in [0, 0.05) is 17.3 Å². The van der Waals surface area contributed by atoms with Crippen LogP contribution < -0.4 is 5.32 Å². The number of anilines is 1. The van der Waals surface area contributed by atoms with Crippen molar-refractivity contribution in [1.82, 2.24) is 0 Å². The van der Waals surface area contributed by atoms with Crippen molar-refractivity contribution in [2.75, 3.05) is 11.9 Å². The summed E-state index contributed by atoms with van der Waals surface area (Å²) < 4.78 is 4.80. The molecule has 20 heavy (non-hydrogen) atoms. The monoisotopic (exact) mass is 266 g/mol. The minimum atomic E-state index is -0.622. The highest BCUT2D eigenvalue weighted by Gasteiger charge is 2.09. The van der Waals surface area contributed by atoms with Crippen molar-refractivity contribution in [3.8, 4) is 6.07 Å². The van der Waals surface area contributed by atoms with Crippen molar-refractivity contribution >= 4 is 22.4 Å². The molecule has 0 aromatic heterocycles. The van der Waals surface area contributed by atoms with Gasteiger partial charge in [0.1, 0.15) is 6.07 Å². The first kappa shape index (κ1) is 13.6. The third kappa shape index (κ3) is 2.96. The third-order valence-electron chi connectivity index (χ3n) is 2.78. The number of hydrogen-bond donors (Lipinski definition) is 1. The van der Waals surface area contributed by atoms with Gasteiger partial charge >= 0.3 is 5.97 Å². The van der Waals surface area contributed by atoms with E-state index >= 15 is 0 Å². The van der Waals surface area contributed by atoms with Crippen LogP contribution >= 0.6 is 0 Å². The molecule has 0 spiro atoms. The average molecular weight is 266 g/mol. The highest BCUT2D eigenvalue weighted by molar-refractivity contribution is 5.96. The summed E-state index contributed by atoms with van der Waals surface area (Å²) >= 11 is 0. The topological polar surface area (TPSA) is 62.1 Å². The molecule has 100 valence electrons. The molecule has 0 saturated carbocycles. The van der Waals surface area contributed by atoms with Gasteiger partial charge in [-0.2, -0.15) is 5.26 Å². The number of nitrogens with one attached hydrogen (secondary N) is 1. The maximum Gasteiger partial charge on any atom is 0.350 e. The highest BCUT2D eigenvalue weighted by atomic mass is 16.5. The van der Waals surface area contributed by atoms with E-state index in [-0.39, 0.29) is 12.2 Å². The Morgan fingerprint density at radius 1 is 1.30 bits per heavy atom. The van der Waals surface area contributed by atoms with Crippen LogP contribution in [0.3, 0.4) is 0 Å². The molecule has 0 radical (unpaired) electrons. The first-order chi connectivity index (χ1) is 9.76. The molecule has 0 bridgehead atoms. The second kappa shape index (κ2) is 6.39. The quantitative estimate of drug-likeness (QED) is 0.524. The molecule has 0 aliphatic carbocycles. The Bertz CT molecular complexity index is 694. The van der Waals surface area contributed by atoms with Gasteiger partial charge in [-0.15, -0.1) is 0 Å². The third-order valence-corrected chi connectivity index (χ3v) is 2.78. The summed E-state index contributed by atoms with van der Waals surface area (Å²) in [6, 6.07) is 15.5. The molecule has 2 aromatic rings. The van der Waals surface area contributed by atoms with Crippen molar-refractivity contribution in [3.63, 3.8) is 0 Å². The normalized spacial score (nSPS) is 10.9. The van der Waals surface area contributed by atoms with Crippen LogP contribution in [0.25, 0.3) is 10.8 Å². The molecule has 4 heteroatoms. The molecule has 0 fully saturated rings. The van der Waals surface area contributed by atoms with Gasteiger partial charge in [0.15, 0.2) is 5.57 Å². The number of ether oxygens (including phenoxy) is 1. The summed E-state index contributed by atoms with van der Waals surface area (Å²) in [5, 5.41) is 14.1. The second-order valence-corrected chi connectivity index (χ2v) is 4.06. The van der Waals surface area contributed by atoms with Crippen LogP contribution in [0.15, 0.2) is 54.2 Å². The maximum atomic E-state index is 11.5. The summed E-state index contributed by atoms with van der Waals surface area (Å²) in [6.07, 6.45) is 1.37. The molecule has 4 nitrogen and oxygen atoms in total. The number of rotatable bonds is 4. The largest absolute Gasteiger partial charge is 0.462 e. The summed E-state index contributed by atoms with van der Waals surface area (Å²) in [7, 11) is 0. The lowest BCUT2D eigenvalue weighted by Gasteiger charge is -2.06. The molecule has 0 amide bonds. The van der Waals surface area contributed by atoms with Gasteiger partial charge in [0.2, 0.25) is 0 Å². The summed E-state index contributed by atoms with van der Waals surface area (Å²) in [6.45, 7) is 1.94. The number of nitriles is 1. The van der Waals surface area contributed by atoms with Crippen molar-refractivity contribution in [1.29, 1.82) is 5.26 Å². The van der Waals surface area contributed by atoms with E-state index in [1.165, 1.54) is 6.20 Å². The summed E-state index contributed by atoms with van der Waals surface area (Å²) in [5.41, 5.74) is 0.778. The lowest BCUT2D eigenvalue weighted by atomic mass is 10.1. The number of hydrogen-bond acceptors (Lipinski definition) is 4. The molecule has 0 aliphatic rings. The number of benzene rings is 2. The van der Waals surface area contributed by atoms with Crippen LogP contribution in [-0.2, 0) is 9.53 Å². The van der Waals surface area contributed by atoms with Gasteiger partial charge in [-0.3, -0.25) is 0 Å². The average Bonchev–Trinajstić information content (AvgIpc) is 2.48. The standard InChI is InChI=1S/C16H14N2O2/c1-2-20-16(19)13(10-17)11-18-15-9-5-7-12-6-3-4-8-14(12)15/h3-9,11,18H,2H2,1H3/b13-11-. The first-order valence-electron chi connectivity index (χ1n) is 6.28. The summed E-state index contributed by atoms with van der Waals surface area (Å²) in [5.74, 6) is -0.622. The van der Waals surface area contributed by atoms with Gasteiger partial charge in [-0.05, 0) is 18.4 Å². The molecular weight excluding hydrogens is 252 g/mol. The van der Waals surface area contributed by atoms with Crippen LogP contribution in [0.4, 0.5) is 5.69 Å². The van der Waals surface area contributed by atoms with Gasteiger partial charge in [-0.25, -0.2) is 4.79 Å². The van der Waals surface area contributed by atoms with E-state index in [1.807, 2.05) is 48.5 Å². The van der Waals surface area contributed by atoms with Crippen LogP contribution in [0.1, 0.15) is 6.92 Å². The molecule has 0 heterocycles. The number of carbonyl (C=O) groups is 1. The number of fused-ring (bicyclic) bond motifs is 1.